The summed E-state index contributed by atoms with van der Waals surface area (Å²) in [4.78, 5) is 17.8. The first-order valence-electron chi connectivity index (χ1n) is 8.96. The Hall–Kier alpha value is -3.03. The van der Waals surface area contributed by atoms with Crippen molar-refractivity contribution in [2.45, 2.75) is 11.9 Å². The lowest BCUT2D eigenvalue weighted by atomic mass is 10.1. The standard InChI is InChI=1S/C21H15ClN4O2S/c22-14-9-7-13(8-10-14)12-29-21-24-20(27)18-15-4-1-2-5-16(15)23-19(26(18)25-21)17-6-3-11-28-17/h1-11,19H,12H2,(H,24,25,27). The second kappa shape index (κ2) is 7.42. The summed E-state index contributed by atoms with van der Waals surface area (Å²) in [5.74, 6) is 1.06. The van der Waals surface area contributed by atoms with E-state index in [1.165, 1.54) is 11.8 Å². The van der Waals surface area contributed by atoms with E-state index in [1.54, 1.807) is 17.3 Å². The Bertz CT molecular complexity index is 1220. The molecule has 3 aromatic rings. The highest BCUT2D eigenvalue weighted by molar-refractivity contribution is 8.13. The van der Waals surface area contributed by atoms with Gasteiger partial charge in [0.25, 0.3) is 5.91 Å². The van der Waals surface area contributed by atoms with Gasteiger partial charge in [-0.25, -0.2) is 10.0 Å². The molecule has 6 nitrogen and oxygen atoms in total. The van der Waals surface area contributed by atoms with Crippen LogP contribution in [0.5, 0.6) is 0 Å². The van der Waals surface area contributed by atoms with Crippen LogP contribution in [0.25, 0.3) is 5.70 Å². The topological polar surface area (TPSA) is 70.2 Å². The summed E-state index contributed by atoms with van der Waals surface area (Å²) < 4.78 is 5.58. The predicted molar refractivity (Wildman–Crippen MR) is 112 cm³/mol. The summed E-state index contributed by atoms with van der Waals surface area (Å²) in [5.41, 5.74) is 1.55. The molecule has 0 radical (unpaired) electrons. The molecule has 0 fully saturated rings. The summed E-state index contributed by atoms with van der Waals surface area (Å²) in [6, 6.07) is 18.8. The lowest BCUT2D eigenvalue weighted by Crippen LogP contribution is -2.50. The number of rotatable bonds is 3. The molecule has 1 atom stereocenters. The van der Waals surface area contributed by atoms with Crippen LogP contribution in [0, 0.1) is 0 Å². The average Bonchev–Trinajstić information content (AvgIpc) is 3.27. The van der Waals surface area contributed by atoms with Crippen molar-refractivity contribution in [3.63, 3.8) is 0 Å². The monoisotopic (exact) mass is 422 g/mol. The molecule has 1 N–H and O–H groups in total. The first-order chi connectivity index (χ1) is 14.2. The van der Waals surface area contributed by atoms with Gasteiger partial charge in [-0.3, -0.25) is 10.1 Å². The van der Waals surface area contributed by atoms with Crippen LogP contribution < -0.4 is 15.9 Å². The largest absolute Gasteiger partial charge is 0.465 e. The fourth-order valence-electron chi connectivity index (χ4n) is 3.25. The second-order valence-corrected chi connectivity index (χ2v) is 7.90. The predicted octanol–water partition coefficient (Wildman–Crippen LogP) is 3.01. The van der Waals surface area contributed by atoms with E-state index in [0.29, 0.717) is 27.4 Å². The van der Waals surface area contributed by atoms with Crippen molar-refractivity contribution in [1.82, 2.24) is 10.3 Å². The SMILES string of the molecule is O=C1NC(SCc2ccc(Cl)cc2)=NN2C1=c1ccccc1=NC2c1ccco1. The third kappa shape index (κ3) is 3.43. The van der Waals surface area contributed by atoms with Gasteiger partial charge in [-0.2, -0.15) is 0 Å². The zero-order chi connectivity index (χ0) is 19.8. The van der Waals surface area contributed by atoms with Crippen molar-refractivity contribution in [1.29, 1.82) is 0 Å². The van der Waals surface area contributed by atoms with Crippen LogP contribution in [-0.2, 0) is 10.5 Å². The van der Waals surface area contributed by atoms with Crippen molar-refractivity contribution in [2.24, 2.45) is 10.1 Å². The number of hydrogen-bond acceptors (Lipinski definition) is 6. The maximum Gasteiger partial charge on any atom is 0.276 e. The number of amides is 1. The maximum atomic E-state index is 13.0. The van der Waals surface area contributed by atoms with E-state index in [4.69, 9.17) is 21.0 Å². The zero-order valence-corrected chi connectivity index (χ0v) is 16.7. The molecule has 2 aliphatic heterocycles. The van der Waals surface area contributed by atoms with Crippen LogP contribution in [0.3, 0.4) is 0 Å². The highest BCUT2D eigenvalue weighted by Crippen LogP contribution is 2.31. The number of nitrogens with zero attached hydrogens (tertiary/aromatic N) is 3. The summed E-state index contributed by atoms with van der Waals surface area (Å²) in [6.07, 6.45) is 1.06. The Labute approximate surface area is 175 Å². The van der Waals surface area contributed by atoms with Crippen LogP contribution in [0.2, 0.25) is 5.02 Å². The summed E-state index contributed by atoms with van der Waals surface area (Å²) in [6.45, 7) is 0. The maximum absolute atomic E-state index is 13.0. The number of benzene rings is 2. The molecule has 1 unspecified atom stereocenters. The van der Waals surface area contributed by atoms with Crippen molar-refractivity contribution in [3.8, 4) is 0 Å². The molecule has 2 aliphatic rings. The summed E-state index contributed by atoms with van der Waals surface area (Å²) in [5, 5.41) is 11.9. The number of carbonyl (C=O) groups excluding carboxylic acids is 1. The molecule has 0 aliphatic carbocycles. The van der Waals surface area contributed by atoms with Crippen LogP contribution in [0.1, 0.15) is 17.5 Å². The lowest BCUT2D eigenvalue weighted by Gasteiger charge is -2.32. The third-order valence-electron chi connectivity index (χ3n) is 4.60. The number of fused-ring (bicyclic) bond motifs is 2. The van der Waals surface area contributed by atoms with E-state index in [0.717, 1.165) is 16.1 Å². The number of nitrogens with one attached hydrogen (secondary N) is 1. The summed E-state index contributed by atoms with van der Waals surface area (Å²) in [7, 11) is 0. The second-order valence-electron chi connectivity index (χ2n) is 6.50. The van der Waals surface area contributed by atoms with Gasteiger partial charge in [-0.15, -0.1) is 5.10 Å². The van der Waals surface area contributed by atoms with Gasteiger partial charge in [0.2, 0.25) is 6.17 Å². The molecule has 144 valence electrons. The molecule has 29 heavy (non-hydrogen) atoms. The molecule has 1 aromatic heterocycles. The molecule has 0 spiro atoms. The van der Waals surface area contributed by atoms with Crippen LogP contribution in [-0.4, -0.2) is 16.1 Å². The molecule has 5 rings (SSSR count). The Morgan fingerprint density at radius 1 is 1.10 bits per heavy atom. The fraction of sp³-hybridized carbons (Fsp3) is 0.0952. The first-order valence-corrected chi connectivity index (χ1v) is 10.3. The van der Waals surface area contributed by atoms with E-state index in [9.17, 15) is 4.79 Å². The lowest BCUT2D eigenvalue weighted by molar-refractivity contribution is -0.116. The van der Waals surface area contributed by atoms with Crippen molar-refractivity contribution in [3.05, 3.63) is 93.8 Å². The Balaban J connectivity index is 1.53. The molecule has 0 saturated carbocycles. The smallest absolute Gasteiger partial charge is 0.276 e. The van der Waals surface area contributed by atoms with Crippen LogP contribution in [0.4, 0.5) is 0 Å². The molecule has 3 heterocycles. The van der Waals surface area contributed by atoms with Gasteiger partial charge < -0.3 is 4.42 Å². The zero-order valence-electron chi connectivity index (χ0n) is 15.1. The highest BCUT2D eigenvalue weighted by atomic mass is 35.5. The van der Waals surface area contributed by atoms with E-state index in [2.05, 4.69) is 10.4 Å². The Kier molecular flexibility index (Phi) is 4.61. The van der Waals surface area contributed by atoms with E-state index in [1.807, 2.05) is 54.6 Å². The summed E-state index contributed by atoms with van der Waals surface area (Å²) >= 11 is 7.39. The van der Waals surface area contributed by atoms with Crippen molar-refractivity contribution in [2.75, 3.05) is 0 Å². The quantitative estimate of drug-likeness (QED) is 0.704. The molecule has 2 aromatic carbocycles. The van der Waals surface area contributed by atoms with Gasteiger partial charge in [0, 0.05) is 16.0 Å². The number of amidine groups is 1. The molecule has 8 heteroatoms. The number of para-hydroxylation sites is 1. The van der Waals surface area contributed by atoms with E-state index in [-0.39, 0.29) is 5.91 Å². The molecular weight excluding hydrogens is 408 g/mol. The third-order valence-corrected chi connectivity index (χ3v) is 5.79. The van der Waals surface area contributed by atoms with Gasteiger partial charge in [0.05, 0.1) is 11.6 Å². The minimum atomic E-state index is -0.535. The number of halogens is 1. The van der Waals surface area contributed by atoms with Crippen LogP contribution >= 0.6 is 23.4 Å². The minimum absolute atomic E-state index is 0.211. The average molecular weight is 423 g/mol. The molecule has 1 amide bonds. The van der Waals surface area contributed by atoms with Crippen molar-refractivity contribution >= 4 is 40.1 Å². The number of carbonyl (C=O) groups is 1. The first kappa shape index (κ1) is 18.0. The Morgan fingerprint density at radius 2 is 1.93 bits per heavy atom. The number of hydrazone groups is 1. The van der Waals surface area contributed by atoms with Gasteiger partial charge in [-0.1, -0.05) is 53.7 Å². The van der Waals surface area contributed by atoms with Gasteiger partial charge in [0.15, 0.2) is 5.17 Å². The van der Waals surface area contributed by atoms with Gasteiger partial charge >= 0.3 is 0 Å². The molecular formula is C21H15ClN4O2S. The Morgan fingerprint density at radius 3 is 2.72 bits per heavy atom. The van der Waals surface area contributed by atoms with Crippen molar-refractivity contribution < 1.29 is 9.21 Å². The minimum Gasteiger partial charge on any atom is -0.465 e. The molecule has 0 bridgehead atoms. The molecule has 0 saturated heterocycles. The van der Waals surface area contributed by atoms with Gasteiger partial charge in [0.1, 0.15) is 11.5 Å². The van der Waals surface area contributed by atoms with E-state index < -0.39 is 6.17 Å². The number of thioether (sulfide) groups is 1. The highest BCUT2D eigenvalue weighted by Gasteiger charge is 2.35. The van der Waals surface area contributed by atoms with E-state index >= 15 is 0 Å². The number of furan rings is 1. The normalized spacial score (nSPS) is 17.8. The number of hydrogen-bond donors (Lipinski definition) is 1. The fourth-order valence-corrected chi connectivity index (χ4v) is 4.18. The van der Waals surface area contributed by atoms with Crippen LogP contribution in [0.15, 0.2) is 81.4 Å². The van der Waals surface area contributed by atoms with Gasteiger partial charge in [-0.05, 0) is 35.9 Å².